The van der Waals surface area contributed by atoms with Crippen molar-refractivity contribution >= 4 is 0 Å². The molecule has 0 saturated carbocycles. The number of benzene rings is 1. The van der Waals surface area contributed by atoms with Crippen molar-refractivity contribution in [1.29, 1.82) is 0 Å². The molecular weight excluding hydrogens is 260 g/mol. The number of hydrogen-bond donors (Lipinski definition) is 1. The predicted molar refractivity (Wildman–Crippen MR) is 89.9 cm³/mol. The van der Waals surface area contributed by atoms with Gasteiger partial charge in [0.15, 0.2) is 0 Å². The lowest BCUT2D eigenvalue weighted by atomic mass is 10.0. The standard InChI is InChI=1S/C19H32O2/c1-3-4-5-6-7-8-9-10-18-11-13-19(14-12-18)21-16-17(2)15-20/h11-14,17,20H,3-10,15-16H2,1-2H3. The fourth-order valence-corrected chi connectivity index (χ4v) is 2.33. The Kier molecular flexibility index (Phi) is 9.98. The van der Waals surface area contributed by atoms with E-state index in [1.54, 1.807) is 0 Å². The zero-order valence-corrected chi connectivity index (χ0v) is 13.8. The maximum Gasteiger partial charge on any atom is 0.119 e. The summed E-state index contributed by atoms with van der Waals surface area (Å²) in [6, 6.07) is 8.41. The first-order valence-electron chi connectivity index (χ1n) is 8.58. The van der Waals surface area contributed by atoms with Crippen LogP contribution < -0.4 is 4.74 Å². The summed E-state index contributed by atoms with van der Waals surface area (Å²) in [6.45, 7) is 5.00. The largest absolute Gasteiger partial charge is 0.493 e. The van der Waals surface area contributed by atoms with E-state index in [1.165, 1.54) is 56.9 Å². The van der Waals surface area contributed by atoms with Crippen LogP contribution in [0.4, 0.5) is 0 Å². The molecule has 0 aromatic heterocycles. The highest BCUT2D eigenvalue weighted by Crippen LogP contribution is 2.16. The van der Waals surface area contributed by atoms with Crippen molar-refractivity contribution in [3.63, 3.8) is 0 Å². The molecule has 0 amide bonds. The lowest BCUT2D eigenvalue weighted by Crippen LogP contribution is -2.12. The quantitative estimate of drug-likeness (QED) is 0.550. The summed E-state index contributed by atoms with van der Waals surface area (Å²) in [5, 5.41) is 8.97. The van der Waals surface area contributed by atoms with Crippen molar-refractivity contribution in [1.82, 2.24) is 0 Å². The molecule has 0 bridgehead atoms. The van der Waals surface area contributed by atoms with Crippen LogP contribution in [-0.4, -0.2) is 18.3 Å². The van der Waals surface area contributed by atoms with E-state index < -0.39 is 0 Å². The van der Waals surface area contributed by atoms with Gasteiger partial charge in [0.05, 0.1) is 6.61 Å². The molecule has 1 unspecified atom stereocenters. The molecule has 2 heteroatoms. The summed E-state index contributed by atoms with van der Waals surface area (Å²) in [7, 11) is 0. The van der Waals surface area contributed by atoms with Gasteiger partial charge in [-0.05, 0) is 30.5 Å². The summed E-state index contributed by atoms with van der Waals surface area (Å²) < 4.78 is 5.63. The van der Waals surface area contributed by atoms with Gasteiger partial charge in [-0.15, -0.1) is 0 Å². The number of aliphatic hydroxyl groups excluding tert-OH is 1. The van der Waals surface area contributed by atoms with Crippen molar-refractivity contribution in [2.24, 2.45) is 5.92 Å². The van der Waals surface area contributed by atoms with Gasteiger partial charge in [0.2, 0.25) is 0 Å². The van der Waals surface area contributed by atoms with Crippen molar-refractivity contribution in [2.45, 2.75) is 65.2 Å². The van der Waals surface area contributed by atoms with Crippen molar-refractivity contribution in [3.05, 3.63) is 29.8 Å². The van der Waals surface area contributed by atoms with Gasteiger partial charge in [0.25, 0.3) is 0 Å². The smallest absolute Gasteiger partial charge is 0.119 e. The third-order valence-corrected chi connectivity index (χ3v) is 3.84. The van der Waals surface area contributed by atoms with E-state index in [1.807, 2.05) is 19.1 Å². The lowest BCUT2D eigenvalue weighted by molar-refractivity contribution is 0.174. The molecule has 1 rings (SSSR count). The third-order valence-electron chi connectivity index (χ3n) is 3.84. The van der Waals surface area contributed by atoms with Crippen LogP contribution in [0.3, 0.4) is 0 Å². The molecule has 0 fully saturated rings. The molecule has 0 aliphatic rings. The van der Waals surface area contributed by atoms with Crippen molar-refractivity contribution in [2.75, 3.05) is 13.2 Å². The second-order valence-corrected chi connectivity index (χ2v) is 6.11. The number of unbranched alkanes of at least 4 members (excludes halogenated alkanes) is 6. The minimum absolute atomic E-state index is 0.177. The Balaban J connectivity index is 2.13. The predicted octanol–water partition coefficient (Wildman–Crippen LogP) is 4.99. The van der Waals surface area contributed by atoms with Gasteiger partial charge < -0.3 is 9.84 Å². The van der Waals surface area contributed by atoms with Gasteiger partial charge in [0, 0.05) is 12.5 Å². The summed E-state index contributed by atoms with van der Waals surface area (Å²) >= 11 is 0. The Morgan fingerprint density at radius 1 is 0.952 bits per heavy atom. The van der Waals surface area contributed by atoms with Gasteiger partial charge in [-0.3, -0.25) is 0 Å². The van der Waals surface area contributed by atoms with Crippen LogP contribution in [0.1, 0.15) is 64.4 Å². The molecule has 120 valence electrons. The van der Waals surface area contributed by atoms with E-state index in [2.05, 4.69) is 19.1 Å². The molecule has 2 nitrogen and oxygen atoms in total. The topological polar surface area (TPSA) is 29.5 Å². The summed E-state index contributed by atoms with van der Waals surface area (Å²) in [6.07, 6.45) is 10.7. The summed E-state index contributed by atoms with van der Waals surface area (Å²) in [5.41, 5.74) is 1.39. The Hall–Kier alpha value is -1.02. The first-order valence-corrected chi connectivity index (χ1v) is 8.58. The highest BCUT2D eigenvalue weighted by atomic mass is 16.5. The van der Waals surface area contributed by atoms with Gasteiger partial charge in [-0.1, -0.05) is 64.5 Å². The van der Waals surface area contributed by atoms with E-state index in [0.29, 0.717) is 6.61 Å². The number of rotatable bonds is 12. The molecule has 0 aliphatic heterocycles. The van der Waals surface area contributed by atoms with E-state index in [0.717, 1.165) is 5.75 Å². The number of aryl methyl sites for hydroxylation is 1. The number of ether oxygens (including phenoxy) is 1. The summed E-state index contributed by atoms with van der Waals surface area (Å²) in [5.74, 6) is 1.09. The zero-order valence-electron chi connectivity index (χ0n) is 13.8. The van der Waals surface area contributed by atoms with Crippen molar-refractivity contribution < 1.29 is 9.84 Å². The fraction of sp³-hybridized carbons (Fsp3) is 0.684. The lowest BCUT2D eigenvalue weighted by Gasteiger charge is -2.10. The van der Waals surface area contributed by atoms with Gasteiger partial charge in [-0.2, -0.15) is 0 Å². The minimum Gasteiger partial charge on any atom is -0.493 e. The highest BCUT2D eigenvalue weighted by Gasteiger charge is 2.01. The Labute approximate surface area is 130 Å². The molecule has 21 heavy (non-hydrogen) atoms. The Bertz CT molecular complexity index is 345. The first kappa shape index (κ1) is 18.0. The number of hydrogen-bond acceptors (Lipinski definition) is 2. The van der Waals surface area contributed by atoms with Crippen LogP contribution >= 0.6 is 0 Å². The van der Waals surface area contributed by atoms with E-state index in [-0.39, 0.29) is 12.5 Å². The molecule has 1 atom stereocenters. The fourth-order valence-electron chi connectivity index (χ4n) is 2.33. The second-order valence-electron chi connectivity index (χ2n) is 6.11. The van der Waals surface area contributed by atoms with Gasteiger partial charge >= 0.3 is 0 Å². The molecular formula is C19H32O2. The van der Waals surface area contributed by atoms with Crippen LogP contribution in [0.5, 0.6) is 5.75 Å². The van der Waals surface area contributed by atoms with Crippen LogP contribution in [0.25, 0.3) is 0 Å². The van der Waals surface area contributed by atoms with Crippen molar-refractivity contribution in [3.8, 4) is 5.75 Å². The summed E-state index contributed by atoms with van der Waals surface area (Å²) in [4.78, 5) is 0. The molecule has 0 aliphatic carbocycles. The average molecular weight is 292 g/mol. The van der Waals surface area contributed by atoms with E-state index >= 15 is 0 Å². The zero-order chi connectivity index (χ0) is 15.3. The molecule has 0 saturated heterocycles. The van der Waals surface area contributed by atoms with Crippen LogP contribution in [0.2, 0.25) is 0 Å². The van der Waals surface area contributed by atoms with Gasteiger partial charge in [-0.25, -0.2) is 0 Å². The normalized spacial score (nSPS) is 12.3. The first-order chi connectivity index (χ1) is 10.3. The van der Waals surface area contributed by atoms with Crippen LogP contribution in [-0.2, 0) is 6.42 Å². The maximum atomic E-state index is 8.97. The second kappa shape index (κ2) is 11.6. The average Bonchev–Trinajstić information content (AvgIpc) is 2.52. The minimum atomic E-state index is 0.177. The Morgan fingerprint density at radius 2 is 1.57 bits per heavy atom. The van der Waals surface area contributed by atoms with E-state index in [4.69, 9.17) is 9.84 Å². The molecule has 0 spiro atoms. The van der Waals surface area contributed by atoms with Crippen LogP contribution in [0, 0.1) is 5.92 Å². The molecule has 0 heterocycles. The highest BCUT2D eigenvalue weighted by molar-refractivity contribution is 5.27. The molecule has 1 N–H and O–H groups in total. The monoisotopic (exact) mass is 292 g/mol. The third kappa shape index (κ3) is 8.77. The molecule has 1 aromatic rings. The molecule has 0 radical (unpaired) electrons. The van der Waals surface area contributed by atoms with E-state index in [9.17, 15) is 0 Å². The van der Waals surface area contributed by atoms with Crippen LogP contribution in [0.15, 0.2) is 24.3 Å². The maximum absolute atomic E-state index is 8.97. The van der Waals surface area contributed by atoms with Gasteiger partial charge in [0.1, 0.15) is 5.75 Å². The Morgan fingerprint density at radius 3 is 2.19 bits per heavy atom. The number of aliphatic hydroxyl groups is 1. The molecule has 1 aromatic carbocycles. The SMILES string of the molecule is CCCCCCCCCc1ccc(OCC(C)CO)cc1.